The van der Waals surface area contributed by atoms with Gasteiger partial charge in [0.1, 0.15) is 29.3 Å². The van der Waals surface area contributed by atoms with Crippen molar-refractivity contribution in [2.24, 2.45) is 5.92 Å². The summed E-state index contributed by atoms with van der Waals surface area (Å²) in [6.45, 7) is 12.6. The molecule has 1 heterocycles. The summed E-state index contributed by atoms with van der Waals surface area (Å²) >= 11 is 0. The molecule has 0 unspecified atom stereocenters. The molecule has 0 aromatic rings. The van der Waals surface area contributed by atoms with Crippen LogP contribution < -0.4 is 16.0 Å². The van der Waals surface area contributed by atoms with Gasteiger partial charge in [-0.2, -0.15) is 0 Å². The van der Waals surface area contributed by atoms with Crippen LogP contribution in [0.1, 0.15) is 67.7 Å². The van der Waals surface area contributed by atoms with Crippen molar-refractivity contribution in [3.8, 4) is 0 Å². The summed E-state index contributed by atoms with van der Waals surface area (Å²) in [7, 11) is 4.79. The minimum Gasteiger partial charge on any atom is -0.467 e. The van der Waals surface area contributed by atoms with Crippen molar-refractivity contribution in [2.75, 3.05) is 34.3 Å². The zero-order valence-electron chi connectivity index (χ0n) is 24.6. The molecule has 4 amide bonds. The molecular weight excluding hydrogens is 494 g/mol. The van der Waals surface area contributed by atoms with E-state index >= 15 is 0 Å². The Morgan fingerprint density at radius 2 is 1.61 bits per heavy atom. The maximum Gasteiger partial charge on any atom is 0.408 e. The molecule has 1 aliphatic heterocycles. The first-order valence-electron chi connectivity index (χ1n) is 13.0. The Hall–Kier alpha value is -2.89. The van der Waals surface area contributed by atoms with E-state index in [2.05, 4.69) is 16.0 Å². The molecular formula is C26H47N5O7. The van der Waals surface area contributed by atoms with Gasteiger partial charge in [0, 0.05) is 13.1 Å². The fraction of sp³-hybridized carbons (Fsp3) is 0.808. The molecule has 0 aromatic heterocycles. The number of likely N-dealkylation sites (tertiary alicyclic amines) is 1. The van der Waals surface area contributed by atoms with E-state index in [0.29, 0.717) is 25.8 Å². The Morgan fingerprint density at radius 3 is 2.11 bits per heavy atom. The van der Waals surface area contributed by atoms with E-state index in [-0.39, 0.29) is 12.5 Å². The van der Waals surface area contributed by atoms with Crippen LogP contribution >= 0.6 is 0 Å². The highest BCUT2D eigenvalue weighted by atomic mass is 16.6. The zero-order valence-corrected chi connectivity index (χ0v) is 24.6. The number of carbonyl (C=O) groups excluding carboxylic acids is 5. The maximum atomic E-state index is 13.5. The number of amides is 4. The van der Waals surface area contributed by atoms with Gasteiger partial charge in [-0.3, -0.25) is 14.4 Å². The molecule has 1 fully saturated rings. The molecule has 1 saturated heterocycles. The van der Waals surface area contributed by atoms with Gasteiger partial charge in [-0.25, -0.2) is 9.59 Å². The zero-order chi connectivity index (χ0) is 29.4. The van der Waals surface area contributed by atoms with Crippen molar-refractivity contribution < 1.29 is 33.4 Å². The van der Waals surface area contributed by atoms with Gasteiger partial charge < -0.3 is 35.2 Å². The summed E-state index contributed by atoms with van der Waals surface area (Å²) in [5.41, 5.74) is -2.10. The molecule has 12 nitrogen and oxygen atoms in total. The maximum absolute atomic E-state index is 13.5. The first-order valence-corrected chi connectivity index (χ1v) is 13.0. The quantitative estimate of drug-likeness (QED) is 0.329. The van der Waals surface area contributed by atoms with E-state index in [9.17, 15) is 24.0 Å². The van der Waals surface area contributed by atoms with Crippen molar-refractivity contribution in [3.63, 3.8) is 0 Å². The van der Waals surface area contributed by atoms with Crippen LogP contribution in [-0.4, -0.2) is 103 Å². The van der Waals surface area contributed by atoms with Gasteiger partial charge in [-0.05, 0) is 73.9 Å². The number of nitrogens with zero attached hydrogens (tertiary/aromatic N) is 2. The van der Waals surface area contributed by atoms with Gasteiger partial charge in [0.25, 0.3) is 0 Å². The lowest BCUT2D eigenvalue weighted by atomic mass is 9.99. The van der Waals surface area contributed by atoms with Crippen LogP contribution in [-0.2, 0) is 28.7 Å². The summed E-state index contributed by atoms with van der Waals surface area (Å²) < 4.78 is 10.1. The summed E-state index contributed by atoms with van der Waals surface area (Å²) in [4.78, 5) is 67.5. The Balaban J connectivity index is 2.99. The summed E-state index contributed by atoms with van der Waals surface area (Å²) in [5.74, 6) is -1.89. The number of esters is 1. The van der Waals surface area contributed by atoms with Crippen molar-refractivity contribution in [1.29, 1.82) is 0 Å². The number of rotatable bonds is 11. The van der Waals surface area contributed by atoms with Gasteiger partial charge >= 0.3 is 12.1 Å². The monoisotopic (exact) mass is 541 g/mol. The minimum atomic E-state index is -1.37. The van der Waals surface area contributed by atoms with Gasteiger partial charge in [-0.1, -0.05) is 13.8 Å². The second kappa shape index (κ2) is 13.8. The summed E-state index contributed by atoms with van der Waals surface area (Å²) in [6.07, 6.45) is 0.660. The van der Waals surface area contributed by atoms with E-state index < -0.39 is 59.0 Å². The average Bonchev–Trinajstić information content (AvgIpc) is 3.25. The topological polar surface area (TPSA) is 146 Å². The van der Waals surface area contributed by atoms with Crippen LogP contribution in [0.3, 0.4) is 0 Å². The molecule has 0 spiro atoms. The lowest BCUT2D eigenvalue weighted by Gasteiger charge is -2.33. The molecule has 12 heteroatoms. The number of hydrogen-bond donors (Lipinski definition) is 3. The van der Waals surface area contributed by atoms with Crippen LogP contribution in [0, 0.1) is 5.92 Å². The van der Waals surface area contributed by atoms with Crippen LogP contribution in [0.25, 0.3) is 0 Å². The number of nitrogens with one attached hydrogen (secondary N) is 3. The number of hydrogen-bond acceptors (Lipinski definition) is 8. The van der Waals surface area contributed by atoms with Gasteiger partial charge in [-0.15, -0.1) is 0 Å². The van der Waals surface area contributed by atoms with Crippen molar-refractivity contribution in [1.82, 2.24) is 25.8 Å². The van der Waals surface area contributed by atoms with Crippen LogP contribution in [0.4, 0.5) is 4.79 Å². The lowest BCUT2D eigenvalue weighted by Crippen LogP contribution is -2.62. The predicted octanol–water partition coefficient (Wildman–Crippen LogP) is 1.03. The number of likely N-dealkylation sites (N-methyl/N-ethyl adjacent to an activating group) is 1. The molecule has 0 saturated carbocycles. The number of methoxy groups -OCH3 is 1. The average molecular weight is 542 g/mol. The molecule has 1 aliphatic rings. The van der Waals surface area contributed by atoms with Crippen molar-refractivity contribution >= 4 is 29.8 Å². The van der Waals surface area contributed by atoms with E-state index in [1.54, 1.807) is 39.8 Å². The highest BCUT2D eigenvalue weighted by molar-refractivity contribution is 5.96. The fourth-order valence-corrected chi connectivity index (χ4v) is 4.12. The lowest BCUT2D eigenvalue weighted by molar-refractivity contribution is -0.147. The molecule has 218 valence electrons. The third-order valence-electron chi connectivity index (χ3n) is 5.88. The smallest absolute Gasteiger partial charge is 0.408 e. The largest absolute Gasteiger partial charge is 0.467 e. The van der Waals surface area contributed by atoms with Crippen molar-refractivity contribution in [3.05, 3.63) is 0 Å². The van der Waals surface area contributed by atoms with Crippen molar-refractivity contribution in [2.45, 2.75) is 97.0 Å². The second-order valence-corrected chi connectivity index (χ2v) is 11.9. The molecule has 38 heavy (non-hydrogen) atoms. The normalized spacial score (nSPS) is 17.6. The van der Waals surface area contributed by atoms with Crippen LogP contribution in [0.2, 0.25) is 0 Å². The Morgan fingerprint density at radius 1 is 1.00 bits per heavy atom. The fourth-order valence-electron chi connectivity index (χ4n) is 4.12. The molecule has 0 radical (unpaired) electrons. The third kappa shape index (κ3) is 10.5. The Bertz CT molecular complexity index is 867. The van der Waals surface area contributed by atoms with E-state index in [1.807, 2.05) is 13.8 Å². The minimum absolute atomic E-state index is 0.125. The highest BCUT2D eigenvalue weighted by Crippen LogP contribution is 2.20. The Kier molecular flexibility index (Phi) is 12.0. The van der Waals surface area contributed by atoms with Gasteiger partial charge in [0.2, 0.25) is 17.7 Å². The molecule has 0 aromatic carbocycles. The standard InChI is InChI=1S/C26H47N5O7/c1-16(2)14-17(22(34)37-10)27-23(35)26(6,7)29-20(32)19-12-11-13-31(19)21(33)18(15-30(8)9)28-24(36)38-25(3,4)5/h16-19H,11-15H2,1-10H3,(H,27,35)(H,28,36)(H,29,32)/t17-,18-,19-/m0/s1. The van der Waals surface area contributed by atoms with Gasteiger partial charge in [0.05, 0.1) is 7.11 Å². The van der Waals surface area contributed by atoms with E-state index in [4.69, 9.17) is 9.47 Å². The van der Waals surface area contributed by atoms with Crippen LogP contribution in [0.15, 0.2) is 0 Å². The molecule has 3 N–H and O–H groups in total. The summed E-state index contributed by atoms with van der Waals surface area (Å²) in [6, 6.07) is -2.59. The first-order chi connectivity index (χ1) is 17.4. The van der Waals surface area contributed by atoms with E-state index in [0.717, 1.165) is 0 Å². The molecule has 0 aliphatic carbocycles. The number of alkyl carbamates (subject to hydrolysis) is 1. The second-order valence-electron chi connectivity index (χ2n) is 11.9. The Labute approximate surface area is 226 Å². The predicted molar refractivity (Wildman–Crippen MR) is 142 cm³/mol. The SMILES string of the molecule is COC(=O)[C@H](CC(C)C)NC(=O)C(C)(C)NC(=O)[C@@H]1CCCN1C(=O)[C@H](CN(C)C)NC(=O)OC(C)(C)C. The molecule has 0 bridgehead atoms. The molecule has 1 rings (SSSR count). The number of carbonyl (C=O) groups is 5. The molecule has 3 atom stereocenters. The first kappa shape index (κ1) is 33.1. The summed E-state index contributed by atoms with van der Waals surface area (Å²) in [5, 5.41) is 8.03. The van der Waals surface area contributed by atoms with Gasteiger partial charge in [0.15, 0.2) is 0 Å². The number of ether oxygens (including phenoxy) is 2. The van der Waals surface area contributed by atoms with E-state index in [1.165, 1.54) is 25.9 Å². The van der Waals surface area contributed by atoms with Crippen LogP contribution in [0.5, 0.6) is 0 Å². The highest BCUT2D eigenvalue weighted by Gasteiger charge is 2.41. The third-order valence-corrected chi connectivity index (χ3v) is 5.88.